The summed E-state index contributed by atoms with van der Waals surface area (Å²) in [5, 5.41) is 0. The number of rotatable bonds is 6. The zero-order valence-corrected chi connectivity index (χ0v) is 14.8. The molecule has 0 unspecified atom stereocenters. The lowest BCUT2D eigenvalue weighted by molar-refractivity contribution is 0.386. The number of ether oxygens (including phenoxy) is 1. The van der Waals surface area contributed by atoms with E-state index in [4.69, 9.17) is 4.74 Å². The fraction of sp³-hybridized carbons (Fsp3) is 0.550. The molecule has 21 heavy (non-hydrogen) atoms. The first kappa shape index (κ1) is 17.6. The maximum Gasteiger partial charge on any atom is 0.130 e. The first-order valence-electron chi connectivity index (χ1n) is 7.82. The molecule has 0 bridgehead atoms. The van der Waals surface area contributed by atoms with Crippen LogP contribution in [-0.4, -0.2) is 7.11 Å². The fourth-order valence-corrected chi connectivity index (χ4v) is 2.38. The van der Waals surface area contributed by atoms with Crippen molar-refractivity contribution in [2.75, 3.05) is 7.11 Å². The van der Waals surface area contributed by atoms with Gasteiger partial charge in [-0.2, -0.15) is 0 Å². The summed E-state index contributed by atoms with van der Waals surface area (Å²) in [5.41, 5.74) is 6.82. The van der Waals surface area contributed by atoms with Gasteiger partial charge in [0, 0.05) is 11.1 Å². The lowest BCUT2D eigenvalue weighted by atomic mass is 9.75. The van der Waals surface area contributed by atoms with Gasteiger partial charge >= 0.3 is 0 Å². The molecule has 1 heteroatoms. The number of benzene rings is 1. The standard InChI is InChI=1S/C20H30O/c1-9-12-15-13-16(19(4,5)10-2)14-17(18(15)21-8)20(6,7)11-3/h12-14H,1,10-11H2,2-8H3. The Labute approximate surface area is 130 Å². The third-order valence-electron chi connectivity index (χ3n) is 4.86. The van der Waals surface area contributed by atoms with E-state index in [0.717, 1.165) is 24.2 Å². The quantitative estimate of drug-likeness (QED) is 0.594. The van der Waals surface area contributed by atoms with Crippen molar-refractivity contribution in [2.24, 2.45) is 0 Å². The Balaban J connectivity index is 3.71. The molecule has 0 spiro atoms. The van der Waals surface area contributed by atoms with Crippen molar-refractivity contribution in [1.82, 2.24) is 0 Å². The Morgan fingerprint density at radius 2 is 1.67 bits per heavy atom. The van der Waals surface area contributed by atoms with Gasteiger partial charge in [0.1, 0.15) is 5.75 Å². The van der Waals surface area contributed by atoms with Gasteiger partial charge in [0.25, 0.3) is 0 Å². The molecular formula is C20H30O. The second kappa shape index (κ2) is 6.54. The minimum absolute atomic E-state index is 0.0783. The molecule has 0 saturated carbocycles. The third kappa shape index (κ3) is 3.60. The van der Waals surface area contributed by atoms with Crippen molar-refractivity contribution in [2.45, 2.75) is 65.2 Å². The van der Waals surface area contributed by atoms with Gasteiger partial charge in [-0.25, -0.2) is 0 Å². The average molecular weight is 286 g/mol. The number of hydrogen-bond acceptors (Lipinski definition) is 1. The Hall–Kier alpha value is -1.46. The van der Waals surface area contributed by atoms with Gasteiger partial charge in [0.15, 0.2) is 0 Å². The molecule has 1 rings (SSSR count). The van der Waals surface area contributed by atoms with Gasteiger partial charge in [0.2, 0.25) is 0 Å². The maximum absolute atomic E-state index is 5.72. The summed E-state index contributed by atoms with van der Waals surface area (Å²) in [5.74, 6) is 0.952. The molecule has 0 aliphatic rings. The molecule has 0 aromatic heterocycles. The van der Waals surface area contributed by atoms with Crippen molar-refractivity contribution in [1.29, 1.82) is 0 Å². The normalized spacial score (nSPS) is 12.0. The van der Waals surface area contributed by atoms with Gasteiger partial charge < -0.3 is 4.74 Å². The van der Waals surface area contributed by atoms with Crippen molar-refractivity contribution < 1.29 is 4.74 Å². The lowest BCUT2D eigenvalue weighted by Gasteiger charge is -2.31. The van der Waals surface area contributed by atoms with Crippen LogP contribution in [0.4, 0.5) is 0 Å². The zero-order chi connectivity index (χ0) is 16.3. The SMILES string of the molecule is C=C=Cc1cc(C(C)(C)CC)cc(C(C)(C)CC)c1OC. The van der Waals surface area contributed by atoms with Crippen LogP contribution < -0.4 is 4.74 Å². The smallest absolute Gasteiger partial charge is 0.130 e. The molecule has 0 atom stereocenters. The van der Waals surface area contributed by atoms with Gasteiger partial charge in [-0.1, -0.05) is 54.2 Å². The van der Waals surface area contributed by atoms with Gasteiger partial charge in [-0.05, 0) is 41.4 Å². The molecule has 1 aromatic carbocycles. The van der Waals surface area contributed by atoms with Crippen LogP contribution in [0.3, 0.4) is 0 Å². The van der Waals surface area contributed by atoms with Crippen LogP contribution >= 0.6 is 0 Å². The van der Waals surface area contributed by atoms with Crippen molar-refractivity contribution >= 4 is 6.08 Å². The molecule has 0 radical (unpaired) electrons. The Bertz CT molecular complexity index is 543. The number of methoxy groups -OCH3 is 1. The predicted molar refractivity (Wildman–Crippen MR) is 93.2 cm³/mol. The second-order valence-corrected chi connectivity index (χ2v) is 6.97. The molecule has 0 amide bonds. The molecule has 0 fully saturated rings. The summed E-state index contributed by atoms with van der Waals surface area (Å²) < 4.78 is 5.72. The highest BCUT2D eigenvalue weighted by molar-refractivity contribution is 5.63. The highest BCUT2D eigenvalue weighted by atomic mass is 16.5. The lowest BCUT2D eigenvalue weighted by Crippen LogP contribution is -2.21. The van der Waals surface area contributed by atoms with Crippen LogP contribution in [0.25, 0.3) is 6.08 Å². The van der Waals surface area contributed by atoms with Crippen LogP contribution in [-0.2, 0) is 10.8 Å². The number of hydrogen-bond donors (Lipinski definition) is 0. The minimum atomic E-state index is 0.0783. The molecule has 0 aliphatic heterocycles. The second-order valence-electron chi connectivity index (χ2n) is 6.97. The largest absolute Gasteiger partial charge is 0.496 e. The van der Waals surface area contributed by atoms with Crippen LogP contribution in [0.15, 0.2) is 24.4 Å². The summed E-state index contributed by atoms with van der Waals surface area (Å²) in [7, 11) is 1.75. The van der Waals surface area contributed by atoms with Crippen LogP contribution in [0.5, 0.6) is 5.75 Å². The van der Waals surface area contributed by atoms with Crippen LogP contribution in [0, 0.1) is 0 Å². The Kier molecular flexibility index (Phi) is 5.48. The van der Waals surface area contributed by atoms with Crippen molar-refractivity contribution in [3.8, 4) is 5.75 Å². The van der Waals surface area contributed by atoms with Gasteiger partial charge in [-0.3, -0.25) is 0 Å². The van der Waals surface area contributed by atoms with E-state index in [2.05, 4.69) is 66.0 Å². The maximum atomic E-state index is 5.72. The molecule has 0 N–H and O–H groups in total. The van der Waals surface area contributed by atoms with E-state index in [-0.39, 0.29) is 10.8 Å². The van der Waals surface area contributed by atoms with E-state index < -0.39 is 0 Å². The van der Waals surface area contributed by atoms with E-state index in [1.165, 1.54) is 11.1 Å². The summed E-state index contributed by atoms with van der Waals surface area (Å²) in [6.45, 7) is 17.3. The average Bonchev–Trinajstić information content (AvgIpc) is 2.46. The van der Waals surface area contributed by atoms with E-state index in [9.17, 15) is 0 Å². The fourth-order valence-electron chi connectivity index (χ4n) is 2.38. The predicted octanol–water partition coefficient (Wildman–Crippen LogP) is 5.87. The third-order valence-corrected chi connectivity index (χ3v) is 4.86. The molecule has 0 saturated heterocycles. The molecule has 1 aromatic rings. The van der Waals surface area contributed by atoms with Gasteiger partial charge in [-0.15, -0.1) is 5.73 Å². The summed E-state index contributed by atoms with van der Waals surface area (Å²) in [6, 6.07) is 4.54. The van der Waals surface area contributed by atoms with E-state index in [1.54, 1.807) is 7.11 Å². The van der Waals surface area contributed by atoms with Gasteiger partial charge in [0.05, 0.1) is 7.11 Å². The first-order chi connectivity index (χ1) is 9.73. The summed E-state index contributed by atoms with van der Waals surface area (Å²) in [4.78, 5) is 0. The molecule has 0 aliphatic carbocycles. The van der Waals surface area contributed by atoms with E-state index >= 15 is 0 Å². The monoisotopic (exact) mass is 286 g/mol. The van der Waals surface area contributed by atoms with Crippen molar-refractivity contribution in [3.05, 3.63) is 41.1 Å². The summed E-state index contributed by atoms with van der Waals surface area (Å²) >= 11 is 0. The highest BCUT2D eigenvalue weighted by Crippen LogP contribution is 2.41. The Morgan fingerprint density at radius 3 is 2.10 bits per heavy atom. The molecular weight excluding hydrogens is 256 g/mol. The summed E-state index contributed by atoms with van der Waals surface area (Å²) in [6.07, 6.45) is 4.09. The molecule has 0 heterocycles. The minimum Gasteiger partial charge on any atom is -0.496 e. The highest BCUT2D eigenvalue weighted by Gasteiger charge is 2.28. The first-order valence-corrected chi connectivity index (χ1v) is 7.82. The molecule has 116 valence electrons. The van der Waals surface area contributed by atoms with Crippen LogP contribution in [0.2, 0.25) is 0 Å². The van der Waals surface area contributed by atoms with Crippen molar-refractivity contribution in [3.63, 3.8) is 0 Å². The Morgan fingerprint density at radius 1 is 1.10 bits per heavy atom. The van der Waals surface area contributed by atoms with E-state index in [0.29, 0.717) is 0 Å². The molecule has 1 nitrogen and oxygen atoms in total. The topological polar surface area (TPSA) is 9.23 Å². The zero-order valence-electron chi connectivity index (χ0n) is 14.8. The van der Waals surface area contributed by atoms with E-state index in [1.807, 2.05) is 6.08 Å². The van der Waals surface area contributed by atoms with Crippen LogP contribution in [0.1, 0.15) is 71.1 Å².